The largest absolute Gasteiger partial charge is 0.507 e. The molecule has 0 amide bonds. The van der Waals surface area contributed by atoms with Crippen LogP contribution in [0.25, 0.3) is 5.57 Å². The van der Waals surface area contributed by atoms with Gasteiger partial charge in [-0.25, -0.2) is 0 Å². The van der Waals surface area contributed by atoms with E-state index in [9.17, 15) is 5.11 Å². The van der Waals surface area contributed by atoms with Gasteiger partial charge in [0.25, 0.3) is 6.02 Å². The lowest BCUT2D eigenvalue weighted by molar-refractivity contribution is 0.132. The Morgan fingerprint density at radius 3 is 2.69 bits per heavy atom. The molecule has 4 rings (SSSR count). The highest BCUT2D eigenvalue weighted by molar-refractivity contribution is 5.85. The van der Waals surface area contributed by atoms with Crippen LogP contribution in [0.4, 0.5) is 0 Å². The molecule has 1 unspecified atom stereocenters. The Morgan fingerprint density at radius 1 is 1.28 bits per heavy atom. The van der Waals surface area contributed by atoms with Crippen LogP contribution in [0.1, 0.15) is 76.3 Å². The fraction of sp³-hybridized carbons (Fsp3) is 0.625. The number of nitrogens with one attached hydrogen (secondary N) is 1. The molecule has 5 nitrogen and oxygen atoms in total. The first-order valence-electron chi connectivity index (χ1n) is 11.0. The summed E-state index contributed by atoms with van der Waals surface area (Å²) in [5.74, 6) is 2.17. The van der Waals surface area contributed by atoms with Gasteiger partial charge in [0.15, 0.2) is 0 Å². The zero-order valence-corrected chi connectivity index (χ0v) is 18.2. The number of amidine groups is 1. The number of hydrogen-bond donors (Lipinski definition) is 2. The Kier molecular flexibility index (Phi) is 5.26. The van der Waals surface area contributed by atoms with Crippen LogP contribution in [0, 0.1) is 11.3 Å². The fourth-order valence-electron chi connectivity index (χ4n) is 5.47. The molecule has 1 saturated carbocycles. The van der Waals surface area contributed by atoms with Crippen LogP contribution < -0.4 is 4.74 Å². The van der Waals surface area contributed by atoms with Gasteiger partial charge in [-0.2, -0.15) is 0 Å². The average molecular weight is 399 g/mol. The topological polar surface area (TPSA) is 65.8 Å². The minimum Gasteiger partial charge on any atom is -0.507 e. The second kappa shape index (κ2) is 7.58. The van der Waals surface area contributed by atoms with Gasteiger partial charge in [-0.05, 0) is 73.8 Å². The zero-order valence-electron chi connectivity index (χ0n) is 18.2. The quantitative estimate of drug-likeness (QED) is 0.525. The van der Waals surface area contributed by atoms with E-state index in [-0.39, 0.29) is 6.02 Å². The number of aromatic hydroxyl groups is 1. The van der Waals surface area contributed by atoms with E-state index in [1.807, 2.05) is 11.0 Å². The van der Waals surface area contributed by atoms with Crippen LogP contribution >= 0.6 is 0 Å². The Hall–Kier alpha value is -2.17. The van der Waals surface area contributed by atoms with E-state index in [4.69, 9.17) is 14.9 Å². The van der Waals surface area contributed by atoms with Gasteiger partial charge in [0.2, 0.25) is 0 Å². The molecule has 3 aliphatic rings. The lowest BCUT2D eigenvalue weighted by atomic mass is 9.76. The highest BCUT2D eigenvalue weighted by Gasteiger charge is 2.40. The second-order valence-corrected chi connectivity index (χ2v) is 9.35. The van der Waals surface area contributed by atoms with Gasteiger partial charge >= 0.3 is 0 Å². The highest BCUT2D eigenvalue weighted by atomic mass is 16.5. The third-order valence-corrected chi connectivity index (χ3v) is 7.21. The molecular weight excluding hydrogens is 364 g/mol. The van der Waals surface area contributed by atoms with Crippen molar-refractivity contribution in [1.82, 2.24) is 4.90 Å². The van der Waals surface area contributed by atoms with Crippen LogP contribution in [0.5, 0.6) is 11.5 Å². The maximum atomic E-state index is 11.1. The van der Waals surface area contributed by atoms with Crippen molar-refractivity contribution in [3.8, 4) is 11.5 Å². The Bertz CT molecular complexity index is 837. The van der Waals surface area contributed by atoms with Crippen LogP contribution in [0.15, 0.2) is 17.7 Å². The normalized spacial score (nSPS) is 22.4. The second-order valence-electron chi connectivity index (χ2n) is 9.35. The summed E-state index contributed by atoms with van der Waals surface area (Å²) in [6.45, 7) is 7.80. The molecule has 0 saturated heterocycles. The van der Waals surface area contributed by atoms with E-state index in [1.165, 1.54) is 50.4 Å². The number of hydrogen-bond acceptors (Lipinski definition) is 4. The molecule has 0 radical (unpaired) electrons. The van der Waals surface area contributed by atoms with E-state index in [1.54, 1.807) is 0 Å². The molecule has 1 aromatic rings. The first-order valence-corrected chi connectivity index (χ1v) is 11.0. The molecular formula is C24H34N2O3. The molecule has 1 aromatic carbocycles. The summed E-state index contributed by atoms with van der Waals surface area (Å²) in [4.78, 5) is 1.92. The molecule has 0 bridgehead atoms. The third kappa shape index (κ3) is 3.60. The molecule has 2 aliphatic heterocycles. The summed E-state index contributed by atoms with van der Waals surface area (Å²) in [6.07, 6.45) is 7.32. The summed E-state index contributed by atoms with van der Waals surface area (Å²) < 4.78 is 11.6. The van der Waals surface area contributed by atoms with Crippen LogP contribution in [0.3, 0.4) is 0 Å². The van der Waals surface area contributed by atoms with E-state index in [2.05, 4.69) is 26.8 Å². The van der Waals surface area contributed by atoms with Crippen LogP contribution in [-0.4, -0.2) is 41.8 Å². The number of phenols is 1. The van der Waals surface area contributed by atoms with Crippen LogP contribution in [-0.2, 0) is 4.74 Å². The molecule has 0 aromatic heterocycles. The van der Waals surface area contributed by atoms with E-state index in [0.717, 1.165) is 29.9 Å². The highest BCUT2D eigenvalue weighted by Crippen LogP contribution is 2.49. The standard InChI is InChI=1S/C24H34N2O3/c1-15(16-8-6-5-7-9-16)17-12-20(27)22-18-14-26(23(25)28-4)11-10-19(18)24(2,3)29-21(22)13-17/h12-13,15-16,25,27H,5-11,14H2,1-4H3. The van der Waals surface area contributed by atoms with Gasteiger partial charge in [0, 0.05) is 13.1 Å². The first-order chi connectivity index (χ1) is 13.8. The number of benzene rings is 1. The maximum absolute atomic E-state index is 11.1. The predicted octanol–water partition coefficient (Wildman–Crippen LogP) is 5.29. The zero-order chi connectivity index (χ0) is 20.8. The van der Waals surface area contributed by atoms with Crippen molar-refractivity contribution in [3.63, 3.8) is 0 Å². The third-order valence-electron chi connectivity index (χ3n) is 7.21. The predicted molar refractivity (Wildman–Crippen MR) is 116 cm³/mol. The Labute approximate surface area is 174 Å². The van der Waals surface area contributed by atoms with Gasteiger partial charge in [0.1, 0.15) is 17.1 Å². The summed E-state index contributed by atoms with van der Waals surface area (Å²) in [6, 6.07) is 4.27. The van der Waals surface area contributed by atoms with Gasteiger partial charge in [-0.15, -0.1) is 0 Å². The number of fused-ring (bicyclic) bond motifs is 2. The Balaban J connectivity index is 1.72. The number of nitrogens with zero attached hydrogens (tertiary/aromatic N) is 1. The van der Waals surface area contributed by atoms with E-state index < -0.39 is 5.60 Å². The average Bonchev–Trinajstić information content (AvgIpc) is 2.72. The summed E-state index contributed by atoms with van der Waals surface area (Å²) in [5, 5.41) is 19.1. The van der Waals surface area contributed by atoms with Crippen molar-refractivity contribution in [2.24, 2.45) is 5.92 Å². The first kappa shape index (κ1) is 20.1. The van der Waals surface area contributed by atoms with Gasteiger partial charge in [0.05, 0.1) is 12.7 Å². The fourth-order valence-corrected chi connectivity index (χ4v) is 5.47. The summed E-state index contributed by atoms with van der Waals surface area (Å²) in [7, 11) is 1.53. The molecule has 158 valence electrons. The number of ether oxygens (including phenoxy) is 2. The SMILES string of the molecule is COC(=N)N1CCC2=C(C1)c1c(O)cc(C(C)C3CCCCC3)cc1OC2(C)C. The smallest absolute Gasteiger partial charge is 0.284 e. The number of methoxy groups -OCH3 is 1. The van der Waals surface area contributed by atoms with Crippen molar-refractivity contribution in [1.29, 1.82) is 5.41 Å². The molecule has 0 spiro atoms. The van der Waals surface area contributed by atoms with Gasteiger partial charge < -0.3 is 19.5 Å². The van der Waals surface area contributed by atoms with Crippen molar-refractivity contribution in [2.45, 2.75) is 70.8 Å². The Morgan fingerprint density at radius 2 is 2.00 bits per heavy atom. The molecule has 5 heteroatoms. The molecule has 29 heavy (non-hydrogen) atoms. The maximum Gasteiger partial charge on any atom is 0.284 e. The molecule has 1 aliphatic carbocycles. The molecule has 1 atom stereocenters. The summed E-state index contributed by atoms with van der Waals surface area (Å²) in [5.41, 5.74) is 3.85. The molecule has 1 fully saturated rings. The number of phenolic OH excluding ortho intramolecular Hbond substituents is 1. The summed E-state index contributed by atoms with van der Waals surface area (Å²) >= 11 is 0. The minimum absolute atomic E-state index is 0.171. The molecule has 2 N–H and O–H groups in total. The van der Waals surface area contributed by atoms with E-state index >= 15 is 0 Å². The van der Waals surface area contributed by atoms with Gasteiger partial charge in [-0.3, -0.25) is 5.41 Å². The van der Waals surface area contributed by atoms with Crippen molar-refractivity contribution < 1.29 is 14.6 Å². The minimum atomic E-state index is -0.414. The van der Waals surface area contributed by atoms with Gasteiger partial charge in [-0.1, -0.05) is 26.2 Å². The van der Waals surface area contributed by atoms with E-state index in [0.29, 0.717) is 24.1 Å². The van der Waals surface area contributed by atoms with Crippen molar-refractivity contribution >= 4 is 11.6 Å². The van der Waals surface area contributed by atoms with Crippen molar-refractivity contribution in [3.05, 3.63) is 28.8 Å². The lowest BCUT2D eigenvalue weighted by Gasteiger charge is -2.42. The number of rotatable bonds is 2. The molecule has 2 heterocycles. The van der Waals surface area contributed by atoms with Crippen LogP contribution in [0.2, 0.25) is 0 Å². The monoisotopic (exact) mass is 398 g/mol. The lowest BCUT2D eigenvalue weighted by Crippen LogP contribution is -2.44. The van der Waals surface area contributed by atoms with Crippen molar-refractivity contribution in [2.75, 3.05) is 20.2 Å².